The number of carbonyl (C=O) groups is 1. The molecule has 1 rings (SSSR count). The van der Waals surface area contributed by atoms with Crippen LogP contribution in [0.3, 0.4) is 0 Å². The Balaban J connectivity index is 2.63. The number of rotatable bonds is 5. The third kappa shape index (κ3) is 3.45. The summed E-state index contributed by atoms with van der Waals surface area (Å²) in [4.78, 5) is 17.7. The molecular formula is C12H15BrN2O. The van der Waals surface area contributed by atoms with Crippen LogP contribution in [0.4, 0.5) is 0 Å². The maximum atomic E-state index is 12.0. The molecule has 1 heterocycles. The number of unbranched alkanes of at least 4 members (excludes halogenated alkanes) is 1. The van der Waals surface area contributed by atoms with Gasteiger partial charge in [-0.25, -0.2) is 4.98 Å². The number of pyridine rings is 1. The minimum atomic E-state index is -0.0588. The van der Waals surface area contributed by atoms with Gasteiger partial charge in [-0.3, -0.25) is 4.79 Å². The van der Waals surface area contributed by atoms with Crippen LogP contribution in [0, 0.1) is 0 Å². The molecule has 4 heteroatoms. The minimum absolute atomic E-state index is 0.0588. The van der Waals surface area contributed by atoms with E-state index in [0.29, 0.717) is 12.2 Å². The Labute approximate surface area is 104 Å². The molecule has 0 aromatic carbocycles. The molecule has 1 aromatic heterocycles. The van der Waals surface area contributed by atoms with Crippen molar-refractivity contribution in [2.24, 2.45) is 0 Å². The zero-order chi connectivity index (χ0) is 12.0. The minimum Gasteiger partial charge on any atom is -0.340 e. The first-order valence-corrected chi connectivity index (χ1v) is 5.93. The second-order valence-electron chi connectivity index (χ2n) is 3.49. The fourth-order valence-corrected chi connectivity index (χ4v) is 1.72. The summed E-state index contributed by atoms with van der Waals surface area (Å²) >= 11 is 3.32. The first-order valence-electron chi connectivity index (χ1n) is 5.13. The molecule has 16 heavy (non-hydrogen) atoms. The van der Waals surface area contributed by atoms with Gasteiger partial charge < -0.3 is 4.90 Å². The largest absolute Gasteiger partial charge is 0.340 e. The van der Waals surface area contributed by atoms with E-state index in [2.05, 4.69) is 27.5 Å². The van der Waals surface area contributed by atoms with Gasteiger partial charge in [-0.05, 0) is 40.9 Å². The quantitative estimate of drug-likeness (QED) is 0.615. The first kappa shape index (κ1) is 12.9. The maximum absolute atomic E-state index is 12.0. The highest BCUT2D eigenvalue weighted by Crippen LogP contribution is 2.14. The van der Waals surface area contributed by atoms with Crippen molar-refractivity contribution >= 4 is 21.8 Å². The predicted molar refractivity (Wildman–Crippen MR) is 68.3 cm³/mol. The van der Waals surface area contributed by atoms with Gasteiger partial charge in [0.2, 0.25) is 0 Å². The van der Waals surface area contributed by atoms with Crippen molar-refractivity contribution in [1.29, 1.82) is 0 Å². The summed E-state index contributed by atoms with van der Waals surface area (Å²) in [6, 6.07) is 3.61. The van der Waals surface area contributed by atoms with Crippen molar-refractivity contribution < 1.29 is 4.79 Å². The number of amides is 1. The van der Waals surface area contributed by atoms with E-state index in [9.17, 15) is 4.79 Å². The van der Waals surface area contributed by atoms with Crippen molar-refractivity contribution in [2.45, 2.75) is 12.8 Å². The third-order valence-electron chi connectivity index (χ3n) is 2.21. The van der Waals surface area contributed by atoms with Gasteiger partial charge >= 0.3 is 0 Å². The lowest BCUT2D eigenvalue weighted by Gasteiger charge is -2.16. The third-order valence-corrected chi connectivity index (χ3v) is 2.85. The molecule has 0 bridgehead atoms. The zero-order valence-electron chi connectivity index (χ0n) is 9.32. The van der Waals surface area contributed by atoms with Crippen LogP contribution in [0.5, 0.6) is 0 Å². The number of halogens is 1. The first-order chi connectivity index (χ1) is 7.66. The summed E-state index contributed by atoms with van der Waals surface area (Å²) in [6.07, 6.45) is 5.32. The van der Waals surface area contributed by atoms with Crippen molar-refractivity contribution in [1.82, 2.24) is 9.88 Å². The fourth-order valence-electron chi connectivity index (χ4n) is 1.30. The summed E-state index contributed by atoms with van der Waals surface area (Å²) < 4.78 is 0.732. The van der Waals surface area contributed by atoms with E-state index < -0.39 is 0 Å². The molecule has 0 saturated heterocycles. The van der Waals surface area contributed by atoms with Gasteiger partial charge in [-0.1, -0.05) is 6.08 Å². The van der Waals surface area contributed by atoms with Gasteiger partial charge in [-0.15, -0.1) is 6.58 Å². The Hall–Kier alpha value is -1.16. The van der Waals surface area contributed by atoms with Crippen molar-refractivity contribution in [3.05, 3.63) is 41.2 Å². The van der Waals surface area contributed by atoms with Crippen molar-refractivity contribution in [3.8, 4) is 0 Å². The summed E-state index contributed by atoms with van der Waals surface area (Å²) in [6.45, 7) is 4.37. The Bertz CT molecular complexity index is 379. The smallest absolute Gasteiger partial charge is 0.273 e. The lowest BCUT2D eigenvalue weighted by Crippen LogP contribution is -2.28. The highest BCUT2D eigenvalue weighted by molar-refractivity contribution is 9.10. The Kier molecular flexibility index (Phi) is 5.19. The van der Waals surface area contributed by atoms with Crippen LogP contribution in [0.25, 0.3) is 0 Å². The highest BCUT2D eigenvalue weighted by Gasteiger charge is 2.15. The molecule has 0 fully saturated rings. The van der Waals surface area contributed by atoms with Gasteiger partial charge in [0, 0.05) is 24.3 Å². The van der Waals surface area contributed by atoms with E-state index in [1.165, 1.54) is 0 Å². The standard InChI is InChI=1S/C12H15BrN2O/c1-3-4-5-9-15(2)12(16)11-10(13)7-6-8-14-11/h3,6-8H,1,4-5,9H2,2H3. The monoisotopic (exact) mass is 282 g/mol. The molecular weight excluding hydrogens is 268 g/mol. The van der Waals surface area contributed by atoms with Crippen LogP contribution in [0.2, 0.25) is 0 Å². The van der Waals surface area contributed by atoms with Gasteiger partial charge in [-0.2, -0.15) is 0 Å². The van der Waals surface area contributed by atoms with E-state index in [4.69, 9.17) is 0 Å². The lowest BCUT2D eigenvalue weighted by atomic mass is 10.2. The highest BCUT2D eigenvalue weighted by atomic mass is 79.9. The molecule has 0 aliphatic carbocycles. The molecule has 0 spiro atoms. The maximum Gasteiger partial charge on any atom is 0.273 e. The SMILES string of the molecule is C=CCCCN(C)C(=O)c1ncccc1Br. The zero-order valence-corrected chi connectivity index (χ0v) is 10.9. The van der Waals surface area contributed by atoms with Crippen LogP contribution in [-0.4, -0.2) is 29.4 Å². The van der Waals surface area contributed by atoms with Crippen LogP contribution in [0.1, 0.15) is 23.3 Å². The molecule has 0 unspecified atom stereocenters. The number of hydrogen-bond donors (Lipinski definition) is 0. The molecule has 3 nitrogen and oxygen atoms in total. The number of hydrogen-bond acceptors (Lipinski definition) is 2. The molecule has 0 aliphatic rings. The Morgan fingerprint density at radius 2 is 2.44 bits per heavy atom. The molecule has 0 atom stereocenters. The second-order valence-corrected chi connectivity index (χ2v) is 4.35. The molecule has 1 amide bonds. The van der Waals surface area contributed by atoms with E-state index in [-0.39, 0.29) is 5.91 Å². The van der Waals surface area contributed by atoms with Crippen LogP contribution in [0.15, 0.2) is 35.5 Å². The van der Waals surface area contributed by atoms with Crippen molar-refractivity contribution in [3.63, 3.8) is 0 Å². The van der Waals surface area contributed by atoms with Gasteiger partial charge in [0.15, 0.2) is 0 Å². The van der Waals surface area contributed by atoms with E-state index in [0.717, 1.165) is 17.3 Å². The lowest BCUT2D eigenvalue weighted by molar-refractivity contribution is 0.0787. The summed E-state index contributed by atoms with van der Waals surface area (Å²) in [5, 5.41) is 0. The molecule has 0 saturated carbocycles. The van der Waals surface area contributed by atoms with Gasteiger partial charge in [0.1, 0.15) is 5.69 Å². The van der Waals surface area contributed by atoms with Gasteiger partial charge in [0.05, 0.1) is 0 Å². The average Bonchev–Trinajstić information content (AvgIpc) is 2.29. The number of allylic oxidation sites excluding steroid dienone is 1. The molecule has 0 radical (unpaired) electrons. The Morgan fingerprint density at radius 3 is 3.06 bits per heavy atom. The number of carbonyl (C=O) groups excluding carboxylic acids is 1. The summed E-state index contributed by atoms with van der Waals surface area (Å²) in [5.41, 5.74) is 0.462. The van der Waals surface area contributed by atoms with Crippen LogP contribution < -0.4 is 0 Å². The fraction of sp³-hybridized carbons (Fsp3) is 0.333. The molecule has 0 aliphatic heterocycles. The normalized spacial score (nSPS) is 9.88. The predicted octanol–water partition coefficient (Wildman–Crippen LogP) is 2.88. The Morgan fingerprint density at radius 1 is 1.69 bits per heavy atom. The molecule has 0 N–H and O–H groups in total. The number of nitrogens with zero attached hydrogens (tertiary/aromatic N) is 2. The average molecular weight is 283 g/mol. The molecule has 86 valence electrons. The second kappa shape index (κ2) is 6.43. The van der Waals surface area contributed by atoms with Crippen LogP contribution >= 0.6 is 15.9 Å². The van der Waals surface area contributed by atoms with Crippen LogP contribution in [-0.2, 0) is 0 Å². The topological polar surface area (TPSA) is 33.2 Å². The van der Waals surface area contributed by atoms with E-state index in [1.807, 2.05) is 12.1 Å². The molecule has 1 aromatic rings. The van der Waals surface area contributed by atoms with Crippen molar-refractivity contribution in [2.75, 3.05) is 13.6 Å². The number of aromatic nitrogens is 1. The van der Waals surface area contributed by atoms with Gasteiger partial charge in [0.25, 0.3) is 5.91 Å². The summed E-state index contributed by atoms with van der Waals surface area (Å²) in [5.74, 6) is -0.0588. The summed E-state index contributed by atoms with van der Waals surface area (Å²) in [7, 11) is 1.78. The van der Waals surface area contributed by atoms with E-state index >= 15 is 0 Å². The van der Waals surface area contributed by atoms with E-state index in [1.54, 1.807) is 24.2 Å².